The molecule has 3 amide bonds. The highest BCUT2D eigenvalue weighted by Crippen LogP contribution is 2.31. The molecule has 0 unspecified atom stereocenters. The fourth-order valence-electron chi connectivity index (χ4n) is 4.62. The molecule has 4 rings (SSSR count). The van der Waals surface area contributed by atoms with E-state index in [1.165, 1.54) is 0 Å². The second-order valence-corrected chi connectivity index (χ2v) is 8.99. The second-order valence-electron chi connectivity index (χ2n) is 8.55. The van der Waals surface area contributed by atoms with Crippen LogP contribution in [0.2, 0.25) is 5.02 Å². The minimum Gasteiger partial charge on any atom is -0.497 e. The molecule has 2 N–H and O–H groups in total. The summed E-state index contributed by atoms with van der Waals surface area (Å²) in [5.41, 5.74) is 1.77. The molecule has 2 aromatic carbocycles. The number of urea groups is 1. The van der Waals surface area contributed by atoms with Gasteiger partial charge in [0.25, 0.3) is 0 Å². The third kappa shape index (κ3) is 5.97. The molecule has 0 aromatic heterocycles. The number of benzene rings is 2. The third-order valence-electron chi connectivity index (χ3n) is 6.46. The molecule has 2 atom stereocenters. The maximum Gasteiger partial charge on any atom is 0.319 e. The number of hydrogen-bond donors (Lipinski definition) is 2. The summed E-state index contributed by atoms with van der Waals surface area (Å²) in [6.45, 7) is 2.40. The zero-order valence-electron chi connectivity index (χ0n) is 18.8. The highest BCUT2D eigenvalue weighted by molar-refractivity contribution is 6.30. The topological polar surface area (TPSA) is 79.9 Å². The number of hydrogen-bond acceptors (Lipinski definition) is 4. The Bertz CT molecular complexity index is 945. The number of rotatable bonds is 5. The summed E-state index contributed by atoms with van der Waals surface area (Å²) in [5.74, 6) is 1.04. The Balaban J connectivity index is 1.48. The van der Waals surface area contributed by atoms with E-state index in [1.807, 2.05) is 29.2 Å². The number of methoxy groups -OCH3 is 1. The molecular weight excluding hydrogens is 442 g/mol. The van der Waals surface area contributed by atoms with Gasteiger partial charge in [-0.15, -0.1) is 0 Å². The van der Waals surface area contributed by atoms with Crippen LogP contribution < -0.4 is 15.4 Å². The molecule has 8 heteroatoms. The quantitative estimate of drug-likeness (QED) is 0.682. The Morgan fingerprint density at radius 3 is 2.39 bits per heavy atom. The fourth-order valence-corrected chi connectivity index (χ4v) is 4.75. The van der Waals surface area contributed by atoms with E-state index < -0.39 is 0 Å². The third-order valence-corrected chi connectivity index (χ3v) is 6.71. The zero-order valence-corrected chi connectivity index (χ0v) is 19.5. The summed E-state index contributed by atoms with van der Waals surface area (Å²) in [6, 6.07) is 14.4. The zero-order chi connectivity index (χ0) is 23.2. The Morgan fingerprint density at radius 2 is 1.73 bits per heavy atom. The Kier molecular flexibility index (Phi) is 7.73. The minimum atomic E-state index is -0.304. The molecule has 0 bridgehead atoms. The first kappa shape index (κ1) is 23.4. The van der Waals surface area contributed by atoms with Gasteiger partial charge >= 0.3 is 6.03 Å². The number of anilines is 1. The first-order valence-electron chi connectivity index (χ1n) is 11.4. The number of nitrogens with one attached hydrogen (secondary N) is 2. The standard InChI is InChI=1S/C25H30ClN3O4/c1-32-21-8-2-17(3-9-21)22-10-13-29(24(30)18-11-14-33-15-12-18)16-23(22)28-25(31)27-20-6-4-19(26)5-7-20/h2-9,18,22-23H,10-16H2,1H3,(H2,27,28,31)/t22-,23+/m1/s1. The number of amides is 3. The van der Waals surface area contributed by atoms with Crippen molar-refractivity contribution in [1.82, 2.24) is 10.2 Å². The van der Waals surface area contributed by atoms with Gasteiger partial charge in [-0.2, -0.15) is 0 Å². The van der Waals surface area contributed by atoms with Gasteiger partial charge in [-0.3, -0.25) is 4.79 Å². The molecule has 0 radical (unpaired) electrons. The van der Waals surface area contributed by atoms with Gasteiger partial charge in [-0.05, 0) is 61.2 Å². The average Bonchev–Trinajstić information content (AvgIpc) is 2.85. The molecule has 0 saturated carbocycles. The summed E-state index contributed by atoms with van der Waals surface area (Å²) in [7, 11) is 1.64. The van der Waals surface area contributed by atoms with E-state index in [-0.39, 0.29) is 29.8 Å². The first-order chi connectivity index (χ1) is 16.0. The predicted molar refractivity (Wildman–Crippen MR) is 128 cm³/mol. The van der Waals surface area contributed by atoms with Crippen LogP contribution >= 0.6 is 11.6 Å². The van der Waals surface area contributed by atoms with Gasteiger partial charge in [-0.25, -0.2) is 4.79 Å². The lowest BCUT2D eigenvalue weighted by atomic mass is 9.84. The lowest BCUT2D eigenvalue weighted by Crippen LogP contribution is -2.55. The largest absolute Gasteiger partial charge is 0.497 e. The molecule has 176 valence electrons. The van der Waals surface area contributed by atoms with E-state index in [0.717, 1.165) is 30.6 Å². The van der Waals surface area contributed by atoms with Crippen LogP contribution in [-0.2, 0) is 9.53 Å². The van der Waals surface area contributed by atoms with Crippen LogP contribution in [0.3, 0.4) is 0 Å². The minimum absolute atomic E-state index is 0.000157. The van der Waals surface area contributed by atoms with Crippen LogP contribution in [0.1, 0.15) is 30.7 Å². The first-order valence-corrected chi connectivity index (χ1v) is 11.7. The molecular formula is C25H30ClN3O4. The number of nitrogens with zero attached hydrogens (tertiary/aromatic N) is 1. The van der Waals surface area contributed by atoms with Crippen molar-refractivity contribution in [2.24, 2.45) is 5.92 Å². The Morgan fingerprint density at radius 1 is 1.03 bits per heavy atom. The van der Waals surface area contributed by atoms with Crippen LogP contribution in [0.5, 0.6) is 5.75 Å². The summed E-state index contributed by atoms with van der Waals surface area (Å²) >= 11 is 5.94. The Hall–Kier alpha value is -2.77. The van der Waals surface area contributed by atoms with Gasteiger partial charge in [0.05, 0.1) is 13.2 Å². The molecule has 33 heavy (non-hydrogen) atoms. The van der Waals surface area contributed by atoms with Gasteiger partial charge in [0.2, 0.25) is 5.91 Å². The smallest absolute Gasteiger partial charge is 0.319 e. The van der Waals surface area contributed by atoms with E-state index in [1.54, 1.807) is 31.4 Å². The summed E-state index contributed by atoms with van der Waals surface area (Å²) in [4.78, 5) is 27.9. The van der Waals surface area contributed by atoms with E-state index in [2.05, 4.69) is 10.6 Å². The number of likely N-dealkylation sites (tertiary alicyclic amines) is 1. The van der Waals surface area contributed by atoms with Gasteiger partial charge in [-0.1, -0.05) is 23.7 Å². The molecule has 2 aliphatic heterocycles. The highest BCUT2D eigenvalue weighted by Gasteiger charge is 2.36. The van der Waals surface area contributed by atoms with E-state index in [4.69, 9.17) is 21.1 Å². The van der Waals surface area contributed by atoms with Crippen molar-refractivity contribution in [3.63, 3.8) is 0 Å². The SMILES string of the molecule is COc1ccc([C@H]2CCN(C(=O)C3CCOCC3)C[C@@H]2NC(=O)Nc2ccc(Cl)cc2)cc1. The highest BCUT2D eigenvalue weighted by atomic mass is 35.5. The summed E-state index contributed by atoms with van der Waals surface area (Å²) in [6.07, 6.45) is 2.28. The molecule has 2 aliphatic rings. The van der Waals surface area contributed by atoms with Gasteiger partial charge in [0.15, 0.2) is 0 Å². The number of carbonyl (C=O) groups excluding carboxylic acids is 2. The van der Waals surface area contributed by atoms with E-state index in [9.17, 15) is 9.59 Å². The lowest BCUT2D eigenvalue weighted by Gasteiger charge is -2.41. The van der Waals surface area contributed by atoms with Crippen molar-refractivity contribution in [2.75, 3.05) is 38.7 Å². The van der Waals surface area contributed by atoms with Crippen LogP contribution in [0.25, 0.3) is 0 Å². The fraction of sp³-hybridized carbons (Fsp3) is 0.440. The van der Waals surface area contributed by atoms with Crippen LogP contribution in [0.15, 0.2) is 48.5 Å². The van der Waals surface area contributed by atoms with Crippen LogP contribution in [-0.4, -0.2) is 56.3 Å². The van der Waals surface area contributed by atoms with Crippen molar-refractivity contribution in [3.05, 3.63) is 59.1 Å². The van der Waals surface area contributed by atoms with Gasteiger partial charge in [0, 0.05) is 48.8 Å². The van der Waals surface area contributed by atoms with Crippen molar-refractivity contribution < 1.29 is 19.1 Å². The molecule has 0 spiro atoms. The van der Waals surface area contributed by atoms with Crippen LogP contribution in [0, 0.1) is 5.92 Å². The van der Waals surface area contributed by atoms with Crippen molar-refractivity contribution in [2.45, 2.75) is 31.2 Å². The molecule has 0 aliphatic carbocycles. The molecule has 7 nitrogen and oxygen atoms in total. The number of piperidine rings is 1. The number of ether oxygens (including phenoxy) is 2. The number of carbonyl (C=O) groups is 2. The Labute approximate surface area is 199 Å². The lowest BCUT2D eigenvalue weighted by molar-refractivity contribution is -0.140. The van der Waals surface area contributed by atoms with Gasteiger partial charge < -0.3 is 25.0 Å². The second kappa shape index (κ2) is 10.9. The van der Waals surface area contributed by atoms with Crippen molar-refractivity contribution >= 4 is 29.2 Å². The maximum atomic E-state index is 13.1. The van der Waals surface area contributed by atoms with Crippen molar-refractivity contribution in [1.29, 1.82) is 0 Å². The molecule has 2 saturated heterocycles. The van der Waals surface area contributed by atoms with Gasteiger partial charge in [0.1, 0.15) is 5.75 Å². The van der Waals surface area contributed by atoms with E-state index in [0.29, 0.717) is 37.0 Å². The summed E-state index contributed by atoms with van der Waals surface area (Å²) in [5, 5.41) is 6.59. The molecule has 2 aromatic rings. The van der Waals surface area contributed by atoms with E-state index >= 15 is 0 Å². The normalized spacial score (nSPS) is 21.3. The number of halogens is 1. The predicted octanol–water partition coefficient (Wildman–Crippen LogP) is 4.28. The van der Waals surface area contributed by atoms with Crippen LogP contribution in [0.4, 0.5) is 10.5 Å². The molecule has 2 heterocycles. The van der Waals surface area contributed by atoms with Crippen molar-refractivity contribution in [3.8, 4) is 5.75 Å². The monoisotopic (exact) mass is 471 g/mol. The summed E-state index contributed by atoms with van der Waals surface area (Å²) < 4.78 is 10.7. The molecule has 2 fully saturated rings. The average molecular weight is 472 g/mol. The maximum absolute atomic E-state index is 13.1.